The van der Waals surface area contributed by atoms with Crippen LogP contribution in [0, 0.1) is 0 Å². The number of guanidine groups is 1. The standard InChI is InChI=1S/C18H24N4O2/c1-19-17(23)15-6-3-5-14(13-15)8-10-21-18(20-2)22-11-9-16-7-4-12-24-16/h3-7,12-13H,8-11H2,1-2H3,(H,19,23)(H2,20,21,22). The summed E-state index contributed by atoms with van der Waals surface area (Å²) in [5, 5.41) is 9.15. The van der Waals surface area contributed by atoms with Crippen molar-refractivity contribution in [3.05, 3.63) is 59.5 Å². The van der Waals surface area contributed by atoms with Gasteiger partial charge in [0.25, 0.3) is 5.91 Å². The first-order valence-electron chi connectivity index (χ1n) is 8.01. The van der Waals surface area contributed by atoms with Crippen LogP contribution in [0.5, 0.6) is 0 Å². The second kappa shape index (κ2) is 9.39. The number of amides is 1. The largest absolute Gasteiger partial charge is 0.469 e. The Morgan fingerprint density at radius 1 is 1.12 bits per heavy atom. The molecule has 6 nitrogen and oxygen atoms in total. The van der Waals surface area contributed by atoms with Crippen molar-refractivity contribution in [1.82, 2.24) is 16.0 Å². The van der Waals surface area contributed by atoms with Crippen molar-refractivity contribution in [3.8, 4) is 0 Å². The van der Waals surface area contributed by atoms with Crippen molar-refractivity contribution in [1.29, 1.82) is 0 Å². The second-order valence-electron chi connectivity index (χ2n) is 5.28. The van der Waals surface area contributed by atoms with E-state index in [2.05, 4.69) is 20.9 Å². The minimum absolute atomic E-state index is 0.0692. The number of furan rings is 1. The molecule has 1 heterocycles. The van der Waals surface area contributed by atoms with Crippen LogP contribution >= 0.6 is 0 Å². The summed E-state index contributed by atoms with van der Waals surface area (Å²) in [5.74, 6) is 1.63. The molecule has 0 aliphatic heterocycles. The molecule has 0 saturated heterocycles. The summed E-state index contributed by atoms with van der Waals surface area (Å²) < 4.78 is 5.29. The van der Waals surface area contributed by atoms with Crippen LogP contribution in [0.2, 0.25) is 0 Å². The van der Waals surface area contributed by atoms with Gasteiger partial charge in [-0.15, -0.1) is 0 Å². The molecule has 0 spiro atoms. The molecule has 0 saturated carbocycles. The summed E-state index contributed by atoms with van der Waals surface area (Å²) >= 11 is 0. The van der Waals surface area contributed by atoms with E-state index in [0.29, 0.717) is 5.56 Å². The molecule has 0 atom stereocenters. The predicted octanol–water partition coefficient (Wildman–Crippen LogP) is 1.59. The lowest BCUT2D eigenvalue weighted by Gasteiger charge is -2.11. The lowest BCUT2D eigenvalue weighted by molar-refractivity contribution is 0.0963. The SMILES string of the molecule is CN=C(NCCc1cccc(C(=O)NC)c1)NCCc1ccco1. The number of hydrogen-bond donors (Lipinski definition) is 3. The summed E-state index contributed by atoms with van der Waals surface area (Å²) in [7, 11) is 3.38. The molecule has 2 rings (SSSR count). The van der Waals surface area contributed by atoms with E-state index < -0.39 is 0 Å². The lowest BCUT2D eigenvalue weighted by atomic mass is 10.1. The van der Waals surface area contributed by atoms with Gasteiger partial charge in [0.05, 0.1) is 6.26 Å². The topological polar surface area (TPSA) is 78.7 Å². The van der Waals surface area contributed by atoms with Crippen LogP contribution in [0.4, 0.5) is 0 Å². The summed E-state index contributed by atoms with van der Waals surface area (Å²) in [6, 6.07) is 11.5. The van der Waals surface area contributed by atoms with Crippen molar-refractivity contribution in [3.63, 3.8) is 0 Å². The van der Waals surface area contributed by atoms with Crippen molar-refractivity contribution in [2.75, 3.05) is 27.2 Å². The minimum atomic E-state index is -0.0692. The van der Waals surface area contributed by atoms with Gasteiger partial charge < -0.3 is 20.4 Å². The quantitative estimate of drug-likeness (QED) is 0.533. The fourth-order valence-corrected chi connectivity index (χ4v) is 2.32. The fraction of sp³-hybridized carbons (Fsp3) is 0.333. The van der Waals surface area contributed by atoms with Gasteiger partial charge in [-0.05, 0) is 36.2 Å². The number of benzene rings is 1. The first kappa shape index (κ1) is 17.6. The van der Waals surface area contributed by atoms with E-state index in [0.717, 1.165) is 43.2 Å². The van der Waals surface area contributed by atoms with Gasteiger partial charge >= 0.3 is 0 Å². The molecule has 6 heteroatoms. The van der Waals surface area contributed by atoms with Crippen molar-refractivity contribution in [2.45, 2.75) is 12.8 Å². The molecule has 0 radical (unpaired) electrons. The summed E-state index contributed by atoms with van der Waals surface area (Å²) in [6.07, 6.45) is 3.29. The highest BCUT2D eigenvalue weighted by molar-refractivity contribution is 5.94. The monoisotopic (exact) mass is 328 g/mol. The van der Waals surface area contributed by atoms with E-state index in [4.69, 9.17) is 4.42 Å². The Morgan fingerprint density at radius 3 is 2.58 bits per heavy atom. The Morgan fingerprint density at radius 2 is 1.92 bits per heavy atom. The normalized spacial score (nSPS) is 11.2. The predicted molar refractivity (Wildman–Crippen MR) is 95.3 cm³/mol. The van der Waals surface area contributed by atoms with Gasteiger partial charge in [0.15, 0.2) is 5.96 Å². The van der Waals surface area contributed by atoms with E-state index in [1.807, 2.05) is 36.4 Å². The highest BCUT2D eigenvalue weighted by Crippen LogP contribution is 2.05. The maximum Gasteiger partial charge on any atom is 0.251 e. The minimum Gasteiger partial charge on any atom is -0.469 e. The van der Waals surface area contributed by atoms with Crippen LogP contribution in [0.15, 0.2) is 52.1 Å². The van der Waals surface area contributed by atoms with Crippen molar-refractivity contribution in [2.24, 2.45) is 4.99 Å². The van der Waals surface area contributed by atoms with E-state index in [1.165, 1.54) is 0 Å². The fourth-order valence-electron chi connectivity index (χ4n) is 2.32. The Balaban J connectivity index is 1.74. The molecule has 0 unspecified atom stereocenters. The first-order valence-corrected chi connectivity index (χ1v) is 8.01. The molecular weight excluding hydrogens is 304 g/mol. The van der Waals surface area contributed by atoms with Crippen LogP contribution in [0.25, 0.3) is 0 Å². The Kier molecular flexibility index (Phi) is 6.89. The summed E-state index contributed by atoms with van der Waals surface area (Å²) in [5.41, 5.74) is 1.78. The molecule has 0 aliphatic carbocycles. The van der Waals surface area contributed by atoms with Gasteiger partial charge in [0.1, 0.15) is 5.76 Å². The highest BCUT2D eigenvalue weighted by Gasteiger charge is 2.04. The third-order valence-electron chi connectivity index (χ3n) is 3.59. The Hall–Kier alpha value is -2.76. The number of carbonyl (C=O) groups excluding carboxylic acids is 1. The summed E-state index contributed by atoms with van der Waals surface area (Å²) in [6.45, 7) is 1.48. The maximum absolute atomic E-state index is 11.6. The zero-order chi connectivity index (χ0) is 17.2. The van der Waals surface area contributed by atoms with Crippen LogP contribution in [0.3, 0.4) is 0 Å². The first-order chi connectivity index (χ1) is 11.7. The number of carbonyl (C=O) groups is 1. The third-order valence-corrected chi connectivity index (χ3v) is 3.59. The smallest absolute Gasteiger partial charge is 0.251 e. The number of rotatable bonds is 7. The average Bonchev–Trinajstić information content (AvgIpc) is 3.13. The zero-order valence-electron chi connectivity index (χ0n) is 14.1. The number of aliphatic imine (C=N–C) groups is 1. The molecule has 0 bridgehead atoms. The third kappa shape index (κ3) is 5.46. The number of hydrogen-bond acceptors (Lipinski definition) is 3. The molecule has 0 fully saturated rings. The highest BCUT2D eigenvalue weighted by atomic mass is 16.3. The zero-order valence-corrected chi connectivity index (χ0v) is 14.1. The molecule has 1 aromatic heterocycles. The molecular formula is C18H24N4O2. The van der Waals surface area contributed by atoms with Gasteiger partial charge in [-0.1, -0.05) is 12.1 Å². The van der Waals surface area contributed by atoms with Gasteiger partial charge in [-0.3, -0.25) is 9.79 Å². The Bertz CT molecular complexity index is 665. The van der Waals surface area contributed by atoms with Gasteiger partial charge in [0.2, 0.25) is 0 Å². The maximum atomic E-state index is 11.6. The average molecular weight is 328 g/mol. The van der Waals surface area contributed by atoms with E-state index in [-0.39, 0.29) is 5.91 Å². The lowest BCUT2D eigenvalue weighted by Crippen LogP contribution is -2.39. The molecule has 128 valence electrons. The van der Waals surface area contributed by atoms with Crippen LogP contribution in [0.1, 0.15) is 21.7 Å². The van der Waals surface area contributed by atoms with Crippen LogP contribution < -0.4 is 16.0 Å². The number of nitrogens with zero attached hydrogens (tertiary/aromatic N) is 1. The van der Waals surface area contributed by atoms with E-state index >= 15 is 0 Å². The van der Waals surface area contributed by atoms with Crippen molar-refractivity contribution >= 4 is 11.9 Å². The van der Waals surface area contributed by atoms with Gasteiger partial charge in [-0.2, -0.15) is 0 Å². The molecule has 0 aliphatic rings. The molecule has 24 heavy (non-hydrogen) atoms. The molecule has 1 aromatic carbocycles. The van der Waals surface area contributed by atoms with E-state index in [9.17, 15) is 4.79 Å². The number of nitrogens with one attached hydrogen (secondary N) is 3. The molecule has 3 N–H and O–H groups in total. The van der Waals surface area contributed by atoms with Crippen molar-refractivity contribution < 1.29 is 9.21 Å². The molecule has 2 aromatic rings. The van der Waals surface area contributed by atoms with Crippen LogP contribution in [-0.2, 0) is 12.8 Å². The van der Waals surface area contributed by atoms with Crippen LogP contribution in [-0.4, -0.2) is 39.1 Å². The molecule has 1 amide bonds. The van der Waals surface area contributed by atoms with E-state index in [1.54, 1.807) is 20.4 Å². The second-order valence-corrected chi connectivity index (χ2v) is 5.28. The Labute approximate surface area is 142 Å². The van der Waals surface area contributed by atoms with Gasteiger partial charge in [-0.25, -0.2) is 0 Å². The summed E-state index contributed by atoms with van der Waals surface area (Å²) in [4.78, 5) is 15.8. The van der Waals surface area contributed by atoms with Gasteiger partial charge in [0, 0.05) is 39.2 Å².